The molecule has 0 aromatic heterocycles. The van der Waals surface area contributed by atoms with Crippen molar-refractivity contribution < 1.29 is 19.4 Å². The Kier molecular flexibility index (Phi) is 6.77. The van der Waals surface area contributed by atoms with Gasteiger partial charge in [-0.15, -0.1) is 0 Å². The molecule has 1 aliphatic rings. The Morgan fingerprint density at radius 3 is 2.53 bits per heavy atom. The Labute approximate surface area is 177 Å². The van der Waals surface area contributed by atoms with Crippen LogP contribution >= 0.6 is 0 Å². The van der Waals surface area contributed by atoms with Crippen LogP contribution in [0.4, 0.5) is 5.69 Å². The molecule has 2 N–H and O–H groups in total. The smallest absolute Gasteiger partial charge is 0.303 e. The largest absolute Gasteiger partial charge is 0.496 e. The van der Waals surface area contributed by atoms with Gasteiger partial charge in [0.25, 0.3) is 0 Å². The zero-order valence-corrected chi connectivity index (χ0v) is 17.9. The highest BCUT2D eigenvalue weighted by atomic mass is 16.5. The zero-order valence-electron chi connectivity index (χ0n) is 17.9. The van der Waals surface area contributed by atoms with Gasteiger partial charge < -0.3 is 20.1 Å². The maximum Gasteiger partial charge on any atom is 0.303 e. The number of rotatable bonds is 9. The highest BCUT2D eigenvalue weighted by Crippen LogP contribution is 2.44. The Balaban J connectivity index is 1.68. The van der Waals surface area contributed by atoms with Crippen LogP contribution in [-0.2, 0) is 15.1 Å². The molecule has 1 amide bonds. The normalized spacial score (nSPS) is 15.7. The quantitative estimate of drug-likeness (QED) is 0.655. The number of ether oxygens (including phenoxy) is 1. The van der Waals surface area contributed by atoms with E-state index in [0.717, 1.165) is 11.3 Å². The standard InChI is InChI=1S/C24H30N2O4/c1-24(2,18-8-5-4-6-9-18)25-15-14-21(27)26-16-17(12-13-22(28)29)23-19(26)10-7-11-20(23)30-3/h4-11,17,25H,12-16H2,1-3H3,(H,28,29). The lowest BCUT2D eigenvalue weighted by atomic mass is 9.94. The number of fused-ring (bicyclic) bond motifs is 1. The van der Waals surface area contributed by atoms with Crippen molar-refractivity contribution in [2.45, 2.75) is 44.6 Å². The summed E-state index contributed by atoms with van der Waals surface area (Å²) >= 11 is 0. The van der Waals surface area contributed by atoms with Gasteiger partial charge in [0.15, 0.2) is 0 Å². The van der Waals surface area contributed by atoms with Crippen molar-refractivity contribution in [3.63, 3.8) is 0 Å². The monoisotopic (exact) mass is 410 g/mol. The van der Waals surface area contributed by atoms with Crippen LogP contribution in [-0.4, -0.2) is 37.2 Å². The second-order valence-electron chi connectivity index (χ2n) is 8.19. The van der Waals surface area contributed by atoms with E-state index >= 15 is 0 Å². The Hall–Kier alpha value is -2.86. The molecule has 0 fully saturated rings. The molecule has 3 rings (SSSR count). The molecule has 160 valence electrons. The van der Waals surface area contributed by atoms with Gasteiger partial charge in [0, 0.05) is 43.0 Å². The zero-order chi connectivity index (χ0) is 21.7. The molecule has 0 radical (unpaired) electrons. The van der Waals surface area contributed by atoms with E-state index < -0.39 is 5.97 Å². The van der Waals surface area contributed by atoms with Crippen molar-refractivity contribution in [3.8, 4) is 5.75 Å². The molecule has 1 unspecified atom stereocenters. The summed E-state index contributed by atoms with van der Waals surface area (Å²) in [6.07, 6.45) is 0.904. The second kappa shape index (κ2) is 9.30. The van der Waals surface area contributed by atoms with Gasteiger partial charge in [-0.25, -0.2) is 0 Å². The van der Waals surface area contributed by atoms with Crippen LogP contribution in [0.25, 0.3) is 0 Å². The van der Waals surface area contributed by atoms with Crippen LogP contribution in [0.2, 0.25) is 0 Å². The Morgan fingerprint density at radius 2 is 1.87 bits per heavy atom. The van der Waals surface area contributed by atoms with Crippen LogP contribution in [0.5, 0.6) is 5.75 Å². The maximum atomic E-state index is 13.0. The third-order valence-electron chi connectivity index (χ3n) is 5.77. The molecule has 2 aromatic rings. The van der Waals surface area contributed by atoms with E-state index in [1.54, 1.807) is 12.0 Å². The van der Waals surface area contributed by atoms with Crippen LogP contribution in [0, 0.1) is 0 Å². The van der Waals surface area contributed by atoms with E-state index in [0.29, 0.717) is 31.7 Å². The molecule has 0 saturated carbocycles. The number of carbonyl (C=O) groups is 2. The van der Waals surface area contributed by atoms with Crippen molar-refractivity contribution >= 4 is 17.6 Å². The lowest BCUT2D eigenvalue weighted by Crippen LogP contribution is -2.39. The molecule has 0 bridgehead atoms. The van der Waals surface area contributed by atoms with E-state index in [9.17, 15) is 9.59 Å². The number of hydrogen-bond donors (Lipinski definition) is 2. The maximum absolute atomic E-state index is 13.0. The lowest BCUT2D eigenvalue weighted by Gasteiger charge is -2.27. The summed E-state index contributed by atoms with van der Waals surface area (Å²) in [4.78, 5) is 25.9. The fourth-order valence-corrected chi connectivity index (χ4v) is 4.11. The van der Waals surface area contributed by atoms with Gasteiger partial charge in [0.1, 0.15) is 5.75 Å². The van der Waals surface area contributed by atoms with Crippen molar-refractivity contribution in [3.05, 3.63) is 59.7 Å². The molecular weight excluding hydrogens is 380 g/mol. The first-order valence-electron chi connectivity index (χ1n) is 10.3. The highest BCUT2D eigenvalue weighted by molar-refractivity contribution is 5.96. The van der Waals surface area contributed by atoms with E-state index in [1.807, 2.05) is 36.4 Å². The molecule has 6 heteroatoms. The number of carboxylic acid groups (broad SMARTS) is 1. The molecule has 6 nitrogen and oxygen atoms in total. The van der Waals surface area contributed by atoms with E-state index in [4.69, 9.17) is 9.84 Å². The number of carboxylic acids is 1. The second-order valence-corrected chi connectivity index (χ2v) is 8.19. The minimum absolute atomic E-state index is 0.0266. The van der Waals surface area contributed by atoms with Gasteiger partial charge in [-0.05, 0) is 38.0 Å². The fraction of sp³-hybridized carbons (Fsp3) is 0.417. The number of anilines is 1. The first kappa shape index (κ1) is 21.8. The molecule has 0 spiro atoms. The van der Waals surface area contributed by atoms with Crippen molar-refractivity contribution in [1.29, 1.82) is 0 Å². The van der Waals surface area contributed by atoms with Gasteiger partial charge in [-0.2, -0.15) is 0 Å². The predicted octanol–water partition coefficient (Wildman–Crippen LogP) is 3.91. The van der Waals surface area contributed by atoms with Gasteiger partial charge in [-0.1, -0.05) is 36.4 Å². The SMILES string of the molecule is COc1cccc2c1C(CCC(=O)O)CN2C(=O)CCNC(C)(C)c1ccccc1. The summed E-state index contributed by atoms with van der Waals surface area (Å²) in [7, 11) is 1.60. The number of nitrogens with zero attached hydrogens (tertiary/aromatic N) is 1. The highest BCUT2D eigenvalue weighted by Gasteiger charge is 2.34. The molecule has 0 saturated heterocycles. The summed E-state index contributed by atoms with van der Waals surface area (Å²) in [5.41, 5.74) is 2.70. The van der Waals surface area contributed by atoms with Crippen molar-refractivity contribution in [2.75, 3.05) is 25.1 Å². The number of nitrogens with one attached hydrogen (secondary N) is 1. The van der Waals surface area contributed by atoms with Crippen LogP contribution in [0.15, 0.2) is 48.5 Å². The Morgan fingerprint density at radius 1 is 1.13 bits per heavy atom. The van der Waals surface area contributed by atoms with Crippen LogP contribution in [0.3, 0.4) is 0 Å². The first-order valence-corrected chi connectivity index (χ1v) is 10.3. The van der Waals surface area contributed by atoms with Gasteiger partial charge >= 0.3 is 5.97 Å². The van der Waals surface area contributed by atoms with Gasteiger partial charge in [0.05, 0.1) is 12.8 Å². The average molecular weight is 411 g/mol. The number of amides is 1. The molecule has 2 aromatic carbocycles. The third-order valence-corrected chi connectivity index (χ3v) is 5.77. The van der Waals surface area contributed by atoms with E-state index in [1.165, 1.54) is 5.56 Å². The van der Waals surface area contributed by atoms with Gasteiger partial charge in [0.2, 0.25) is 5.91 Å². The first-order chi connectivity index (χ1) is 14.3. The summed E-state index contributed by atoms with van der Waals surface area (Å²) in [5, 5.41) is 12.6. The van der Waals surface area contributed by atoms with Crippen LogP contribution in [0.1, 0.15) is 50.2 Å². The minimum Gasteiger partial charge on any atom is -0.496 e. The summed E-state index contributed by atoms with van der Waals surface area (Å²) in [5.74, 6) is -0.131. The minimum atomic E-state index is -0.830. The number of methoxy groups -OCH3 is 1. The molecule has 1 atom stereocenters. The van der Waals surface area contributed by atoms with Crippen LogP contribution < -0.4 is 15.0 Å². The predicted molar refractivity (Wildman–Crippen MR) is 117 cm³/mol. The van der Waals surface area contributed by atoms with E-state index in [-0.39, 0.29) is 23.8 Å². The lowest BCUT2D eigenvalue weighted by molar-refractivity contribution is -0.137. The number of benzene rings is 2. The number of aliphatic carboxylic acids is 1. The summed E-state index contributed by atoms with van der Waals surface area (Å²) < 4.78 is 5.50. The van der Waals surface area contributed by atoms with E-state index in [2.05, 4.69) is 31.3 Å². The van der Waals surface area contributed by atoms with Gasteiger partial charge in [-0.3, -0.25) is 9.59 Å². The third kappa shape index (κ3) is 4.82. The number of hydrogen-bond acceptors (Lipinski definition) is 4. The number of carbonyl (C=O) groups excluding carboxylic acids is 1. The molecule has 1 aliphatic heterocycles. The topological polar surface area (TPSA) is 78.9 Å². The van der Waals surface area contributed by atoms with Crippen molar-refractivity contribution in [1.82, 2.24) is 5.32 Å². The van der Waals surface area contributed by atoms with Crippen molar-refractivity contribution in [2.24, 2.45) is 0 Å². The molecule has 0 aliphatic carbocycles. The average Bonchev–Trinajstić information content (AvgIpc) is 3.11. The Bertz CT molecular complexity index is 895. The molecule has 30 heavy (non-hydrogen) atoms. The molecular formula is C24H30N2O4. The molecule has 1 heterocycles. The fourth-order valence-electron chi connectivity index (χ4n) is 4.11. The summed E-state index contributed by atoms with van der Waals surface area (Å²) in [6, 6.07) is 15.8. The summed E-state index contributed by atoms with van der Waals surface area (Å²) in [6.45, 7) is 5.25.